The predicted octanol–water partition coefficient (Wildman–Crippen LogP) is 4.50. The maximum Gasteiger partial charge on any atom is 0.293 e. The molecule has 0 saturated carbocycles. The first-order valence-corrected chi connectivity index (χ1v) is 9.37. The number of ether oxygens (including phenoxy) is 1. The molecule has 1 heterocycles. The molecule has 0 fully saturated rings. The van der Waals surface area contributed by atoms with E-state index in [2.05, 4.69) is 4.74 Å². The standard InChI is InChI=1S/C13H11NOS2.C5H10O2/c1-10-6-8-11(9-7-10)14-16-12-4-2-3-5-13(12)17(14)15;1-5(2,3)7-4-6/h2-9H,1H3;4H,1-3H3. The highest BCUT2D eigenvalue weighted by Crippen LogP contribution is 2.42. The van der Waals surface area contributed by atoms with Gasteiger partial charge in [-0.2, -0.15) is 0 Å². The Balaban J connectivity index is 0.000000256. The largest absolute Gasteiger partial charge is 0.462 e. The number of carbonyl (C=O) groups excluding carboxylic acids is 1. The first kappa shape index (κ1) is 18.5. The van der Waals surface area contributed by atoms with Gasteiger partial charge in [0.1, 0.15) is 5.60 Å². The first-order valence-electron chi connectivity index (χ1n) is 7.49. The quantitative estimate of drug-likeness (QED) is 0.582. The van der Waals surface area contributed by atoms with Crippen LogP contribution >= 0.6 is 11.9 Å². The minimum Gasteiger partial charge on any atom is -0.462 e. The summed E-state index contributed by atoms with van der Waals surface area (Å²) in [4.78, 5) is 11.6. The zero-order chi connectivity index (χ0) is 17.7. The van der Waals surface area contributed by atoms with Crippen molar-refractivity contribution in [2.75, 3.05) is 3.71 Å². The summed E-state index contributed by atoms with van der Waals surface area (Å²) >= 11 is 1.54. The fourth-order valence-electron chi connectivity index (χ4n) is 1.84. The van der Waals surface area contributed by atoms with E-state index in [1.165, 1.54) is 17.5 Å². The van der Waals surface area contributed by atoms with Crippen LogP contribution in [-0.2, 0) is 20.5 Å². The number of rotatable bonds is 2. The van der Waals surface area contributed by atoms with Crippen molar-refractivity contribution in [3.8, 4) is 0 Å². The summed E-state index contributed by atoms with van der Waals surface area (Å²) in [5.74, 6) is 0. The number of fused-ring (bicyclic) bond motifs is 1. The lowest BCUT2D eigenvalue weighted by atomic mass is 10.2. The Labute approximate surface area is 149 Å². The molecule has 4 nitrogen and oxygen atoms in total. The maximum atomic E-state index is 12.3. The molecule has 0 aromatic heterocycles. The van der Waals surface area contributed by atoms with Crippen LogP contribution in [0.25, 0.3) is 0 Å². The molecule has 1 unspecified atom stereocenters. The molecule has 0 saturated heterocycles. The van der Waals surface area contributed by atoms with Crippen molar-refractivity contribution in [2.24, 2.45) is 0 Å². The van der Waals surface area contributed by atoms with Crippen LogP contribution in [0.1, 0.15) is 26.3 Å². The van der Waals surface area contributed by atoms with Crippen LogP contribution in [0.3, 0.4) is 0 Å². The average Bonchev–Trinajstić information content (AvgIpc) is 2.85. The summed E-state index contributed by atoms with van der Waals surface area (Å²) in [6.07, 6.45) is 0. The van der Waals surface area contributed by atoms with Crippen molar-refractivity contribution in [1.29, 1.82) is 0 Å². The Hall–Kier alpha value is -1.79. The zero-order valence-electron chi connectivity index (χ0n) is 14.2. The van der Waals surface area contributed by atoms with Gasteiger partial charge in [-0.05, 0) is 52.0 Å². The van der Waals surface area contributed by atoms with Crippen LogP contribution < -0.4 is 3.71 Å². The number of carbonyl (C=O) groups is 1. The Bertz CT molecular complexity index is 724. The van der Waals surface area contributed by atoms with Crippen molar-refractivity contribution < 1.29 is 13.7 Å². The molecule has 2 aromatic rings. The van der Waals surface area contributed by atoms with Gasteiger partial charge in [0.05, 0.1) is 10.6 Å². The molecule has 1 aliphatic rings. The first-order chi connectivity index (χ1) is 11.3. The topological polar surface area (TPSA) is 46.6 Å². The summed E-state index contributed by atoms with van der Waals surface area (Å²) in [6.45, 7) is 7.97. The van der Waals surface area contributed by atoms with Crippen molar-refractivity contribution in [3.05, 3.63) is 54.1 Å². The van der Waals surface area contributed by atoms with E-state index < -0.39 is 11.0 Å². The number of hydrogen-bond donors (Lipinski definition) is 0. The minimum absolute atomic E-state index is 0.318. The van der Waals surface area contributed by atoms with Crippen LogP contribution in [-0.4, -0.2) is 16.3 Å². The summed E-state index contributed by atoms with van der Waals surface area (Å²) in [5.41, 5.74) is 1.87. The van der Waals surface area contributed by atoms with Crippen molar-refractivity contribution >= 4 is 35.1 Å². The summed E-state index contributed by atoms with van der Waals surface area (Å²) in [7, 11) is -1.10. The molecular formula is C18H21NO3S2. The molecule has 0 bridgehead atoms. The maximum absolute atomic E-state index is 12.3. The van der Waals surface area contributed by atoms with E-state index in [0.717, 1.165) is 15.5 Å². The molecule has 24 heavy (non-hydrogen) atoms. The Kier molecular flexibility index (Phi) is 6.07. The molecule has 3 rings (SSSR count). The zero-order valence-corrected chi connectivity index (χ0v) is 15.8. The van der Waals surface area contributed by atoms with Gasteiger partial charge in [0.2, 0.25) is 0 Å². The highest BCUT2D eigenvalue weighted by atomic mass is 32.2. The molecule has 1 atom stereocenters. The van der Waals surface area contributed by atoms with Crippen LogP contribution in [0.2, 0.25) is 0 Å². The monoisotopic (exact) mass is 363 g/mol. The second-order valence-corrected chi connectivity index (χ2v) is 8.73. The van der Waals surface area contributed by atoms with Crippen LogP contribution in [0, 0.1) is 6.92 Å². The third-order valence-electron chi connectivity index (χ3n) is 3.02. The van der Waals surface area contributed by atoms with Gasteiger partial charge in [-0.15, -0.1) is 0 Å². The van der Waals surface area contributed by atoms with Crippen molar-refractivity contribution in [3.63, 3.8) is 0 Å². The second-order valence-electron chi connectivity index (χ2n) is 6.21. The van der Waals surface area contributed by atoms with E-state index in [-0.39, 0.29) is 5.60 Å². The highest BCUT2D eigenvalue weighted by Gasteiger charge is 2.28. The number of anilines is 1. The van der Waals surface area contributed by atoms with E-state index in [4.69, 9.17) is 0 Å². The third kappa shape index (κ3) is 4.85. The summed E-state index contributed by atoms with van der Waals surface area (Å²) in [5, 5.41) is 0. The Morgan fingerprint density at radius 2 is 1.71 bits per heavy atom. The predicted molar refractivity (Wildman–Crippen MR) is 99.3 cm³/mol. The molecule has 0 amide bonds. The minimum atomic E-state index is -1.10. The lowest BCUT2D eigenvalue weighted by molar-refractivity contribution is -0.138. The van der Waals surface area contributed by atoms with E-state index in [9.17, 15) is 9.00 Å². The molecule has 6 heteroatoms. The van der Waals surface area contributed by atoms with Gasteiger partial charge in [-0.25, -0.2) is 7.92 Å². The summed E-state index contributed by atoms with van der Waals surface area (Å²) < 4.78 is 18.7. The van der Waals surface area contributed by atoms with Gasteiger partial charge in [0, 0.05) is 16.8 Å². The molecule has 128 valence electrons. The number of hydrogen-bond acceptors (Lipinski definition) is 4. The van der Waals surface area contributed by atoms with E-state index >= 15 is 0 Å². The van der Waals surface area contributed by atoms with Crippen molar-refractivity contribution in [2.45, 2.75) is 43.1 Å². The van der Waals surface area contributed by atoms with E-state index in [1.54, 1.807) is 0 Å². The van der Waals surface area contributed by atoms with Gasteiger partial charge in [-0.1, -0.05) is 29.8 Å². The molecular weight excluding hydrogens is 342 g/mol. The number of nitrogens with zero attached hydrogens (tertiary/aromatic N) is 1. The molecule has 0 spiro atoms. The van der Waals surface area contributed by atoms with Gasteiger partial charge in [0.15, 0.2) is 11.0 Å². The number of aryl methyl sites for hydroxylation is 1. The Morgan fingerprint density at radius 1 is 1.08 bits per heavy atom. The lowest BCUT2D eigenvalue weighted by Gasteiger charge is -2.14. The summed E-state index contributed by atoms with van der Waals surface area (Å²) in [6, 6.07) is 15.9. The SMILES string of the molecule is CC(C)(C)OC=O.Cc1ccc(N2Sc3ccccc3S2=O)cc1. The van der Waals surface area contributed by atoms with Crippen molar-refractivity contribution in [1.82, 2.24) is 0 Å². The Morgan fingerprint density at radius 3 is 2.21 bits per heavy atom. The van der Waals surface area contributed by atoms with Gasteiger partial charge < -0.3 is 4.74 Å². The average molecular weight is 364 g/mol. The number of benzene rings is 2. The molecule has 2 aromatic carbocycles. The van der Waals surface area contributed by atoms with Gasteiger partial charge in [0.25, 0.3) is 6.47 Å². The second kappa shape index (κ2) is 7.85. The fraction of sp³-hybridized carbons (Fsp3) is 0.278. The molecule has 1 aliphatic heterocycles. The van der Waals surface area contributed by atoms with Crippen LogP contribution in [0.4, 0.5) is 5.69 Å². The fourth-order valence-corrected chi connectivity index (χ4v) is 4.55. The van der Waals surface area contributed by atoms with Crippen LogP contribution in [0.5, 0.6) is 0 Å². The van der Waals surface area contributed by atoms with Crippen LogP contribution in [0.15, 0.2) is 58.3 Å². The van der Waals surface area contributed by atoms with E-state index in [1.807, 2.05) is 79.9 Å². The van der Waals surface area contributed by atoms with Gasteiger partial charge >= 0.3 is 0 Å². The highest BCUT2D eigenvalue weighted by molar-refractivity contribution is 8.14. The molecule has 0 aliphatic carbocycles. The molecule has 0 N–H and O–H groups in total. The smallest absolute Gasteiger partial charge is 0.293 e. The molecule has 0 radical (unpaired) electrons. The van der Waals surface area contributed by atoms with E-state index in [0.29, 0.717) is 6.47 Å². The lowest BCUT2D eigenvalue weighted by Crippen LogP contribution is -2.17. The van der Waals surface area contributed by atoms with Gasteiger partial charge in [-0.3, -0.25) is 4.79 Å². The normalized spacial score (nSPS) is 16.0. The third-order valence-corrected chi connectivity index (χ3v) is 5.95.